The van der Waals surface area contributed by atoms with Crippen molar-refractivity contribution in [1.29, 1.82) is 0 Å². The van der Waals surface area contributed by atoms with Gasteiger partial charge >= 0.3 is 0 Å². The third-order valence-corrected chi connectivity index (χ3v) is 1.40. The molecule has 4 nitrogen and oxygen atoms in total. The Balaban J connectivity index is 2.45. The molecule has 0 N–H and O–H groups in total. The van der Waals surface area contributed by atoms with Crippen molar-refractivity contribution in [2.45, 2.75) is 0 Å². The van der Waals surface area contributed by atoms with Gasteiger partial charge in [-0.15, -0.1) is 0 Å². The van der Waals surface area contributed by atoms with Crippen molar-refractivity contribution in [2.24, 2.45) is 7.05 Å². The zero-order valence-corrected chi connectivity index (χ0v) is 6.06. The first-order valence-corrected chi connectivity index (χ1v) is 3.27. The molecule has 0 unspecified atom stereocenters. The van der Waals surface area contributed by atoms with Gasteiger partial charge in [0.15, 0.2) is 5.76 Å². The first-order chi connectivity index (χ1) is 5.36. The van der Waals surface area contributed by atoms with Crippen molar-refractivity contribution in [2.75, 3.05) is 0 Å². The first kappa shape index (κ1) is 6.15. The van der Waals surface area contributed by atoms with E-state index in [4.69, 9.17) is 4.52 Å². The molecule has 0 aromatic carbocycles. The smallest absolute Gasteiger partial charge is 0.187 e. The summed E-state index contributed by atoms with van der Waals surface area (Å²) in [5.41, 5.74) is 0.810. The molecule has 0 atom stereocenters. The highest BCUT2D eigenvalue weighted by atomic mass is 16.5. The van der Waals surface area contributed by atoms with Crippen LogP contribution < -0.4 is 0 Å². The quantitative estimate of drug-likeness (QED) is 0.609. The fourth-order valence-electron chi connectivity index (χ4n) is 0.894. The summed E-state index contributed by atoms with van der Waals surface area (Å²) in [5, 5.41) is 7.72. The van der Waals surface area contributed by atoms with E-state index in [1.54, 1.807) is 16.9 Å². The standard InChI is InChI=1S/C7H7N3O/c1-10-5-3-6(9-10)7-2-4-8-11-7/h2-5H,1H3. The van der Waals surface area contributed by atoms with E-state index in [-0.39, 0.29) is 0 Å². The number of rotatable bonds is 1. The molecule has 4 heteroatoms. The van der Waals surface area contributed by atoms with Gasteiger partial charge < -0.3 is 4.52 Å². The highest BCUT2D eigenvalue weighted by molar-refractivity contribution is 5.49. The topological polar surface area (TPSA) is 43.9 Å². The molecule has 2 rings (SSSR count). The summed E-state index contributed by atoms with van der Waals surface area (Å²) in [4.78, 5) is 0. The summed E-state index contributed by atoms with van der Waals surface area (Å²) < 4.78 is 6.63. The summed E-state index contributed by atoms with van der Waals surface area (Å²) in [7, 11) is 1.86. The van der Waals surface area contributed by atoms with Crippen LogP contribution in [-0.4, -0.2) is 14.9 Å². The lowest BCUT2D eigenvalue weighted by molar-refractivity contribution is 0.430. The van der Waals surface area contributed by atoms with Gasteiger partial charge in [0.2, 0.25) is 0 Å². The van der Waals surface area contributed by atoms with Crippen LogP contribution in [0.5, 0.6) is 0 Å². The Morgan fingerprint density at radius 1 is 1.45 bits per heavy atom. The van der Waals surface area contributed by atoms with Crippen molar-refractivity contribution in [3.05, 3.63) is 24.5 Å². The van der Waals surface area contributed by atoms with Gasteiger partial charge in [-0.1, -0.05) is 5.16 Å². The molecule has 0 fully saturated rings. The molecule has 0 radical (unpaired) electrons. The van der Waals surface area contributed by atoms with Crippen LogP contribution in [0.3, 0.4) is 0 Å². The summed E-state index contributed by atoms with van der Waals surface area (Å²) in [6.45, 7) is 0. The van der Waals surface area contributed by atoms with Gasteiger partial charge in [-0.25, -0.2) is 0 Å². The molecule has 0 aliphatic heterocycles. The Labute approximate surface area is 63.4 Å². The molecule has 0 amide bonds. The van der Waals surface area contributed by atoms with Crippen LogP contribution in [0.4, 0.5) is 0 Å². The lowest BCUT2D eigenvalue weighted by Crippen LogP contribution is -1.86. The maximum absolute atomic E-state index is 4.91. The van der Waals surface area contributed by atoms with Gasteiger partial charge in [0.05, 0.1) is 6.20 Å². The van der Waals surface area contributed by atoms with E-state index in [9.17, 15) is 0 Å². The van der Waals surface area contributed by atoms with E-state index in [1.165, 1.54) is 0 Å². The molecule has 0 bridgehead atoms. The molecule has 2 heterocycles. The number of aromatic nitrogens is 3. The van der Waals surface area contributed by atoms with Crippen molar-refractivity contribution < 1.29 is 4.52 Å². The van der Waals surface area contributed by atoms with Gasteiger partial charge in [-0.3, -0.25) is 4.68 Å². The van der Waals surface area contributed by atoms with E-state index in [0.29, 0.717) is 5.76 Å². The van der Waals surface area contributed by atoms with Gasteiger partial charge in [-0.2, -0.15) is 5.10 Å². The molecule has 0 spiro atoms. The summed E-state index contributed by atoms with van der Waals surface area (Å²) in [6.07, 6.45) is 3.46. The number of hydrogen-bond acceptors (Lipinski definition) is 3. The minimum Gasteiger partial charge on any atom is -0.355 e. The Morgan fingerprint density at radius 3 is 2.91 bits per heavy atom. The van der Waals surface area contributed by atoms with Crippen molar-refractivity contribution in [3.63, 3.8) is 0 Å². The van der Waals surface area contributed by atoms with Crippen molar-refractivity contribution in [3.8, 4) is 11.5 Å². The zero-order chi connectivity index (χ0) is 7.68. The van der Waals surface area contributed by atoms with Gasteiger partial charge in [-0.05, 0) is 6.07 Å². The van der Waals surface area contributed by atoms with Crippen molar-refractivity contribution in [1.82, 2.24) is 14.9 Å². The minimum absolute atomic E-state index is 0.700. The van der Waals surface area contributed by atoms with E-state index < -0.39 is 0 Å². The predicted octanol–water partition coefficient (Wildman–Crippen LogP) is 1.08. The number of aryl methyl sites for hydroxylation is 1. The molecule has 0 saturated heterocycles. The lowest BCUT2D eigenvalue weighted by Gasteiger charge is -1.85. The minimum atomic E-state index is 0.700. The summed E-state index contributed by atoms with van der Waals surface area (Å²) in [5.74, 6) is 0.700. The molecular formula is C7H7N3O. The van der Waals surface area contributed by atoms with Gasteiger partial charge in [0.1, 0.15) is 5.69 Å². The van der Waals surface area contributed by atoms with E-state index in [2.05, 4.69) is 10.3 Å². The summed E-state index contributed by atoms with van der Waals surface area (Å²) in [6, 6.07) is 3.66. The number of hydrogen-bond donors (Lipinski definition) is 0. The SMILES string of the molecule is Cn1ccc(-c2ccno2)n1. The average molecular weight is 149 g/mol. The third kappa shape index (κ3) is 1.02. The Morgan fingerprint density at radius 2 is 2.36 bits per heavy atom. The second kappa shape index (κ2) is 2.23. The molecule has 0 saturated carbocycles. The Bertz CT molecular complexity index is 336. The maximum atomic E-state index is 4.91. The normalized spacial score (nSPS) is 10.3. The van der Waals surface area contributed by atoms with Crippen molar-refractivity contribution >= 4 is 0 Å². The molecule has 11 heavy (non-hydrogen) atoms. The molecule has 2 aromatic heterocycles. The van der Waals surface area contributed by atoms with Crippen LogP contribution in [0.25, 0.3) is 11.5 Å². The largest absolute Gasteiger partial charge is 0.355 e. The van der Waals surface area contributed by atoms with E-state index in [0.717, 1.165) is 5.69 Å². The summed E-state index contributed by atoms with van der Waals surface area (Å²) >= 11 is 0. The first-order valence-electron chi connectivity index (χ1n) is 3.27. The second-order valence-corrected chi connectivity index (χ2v) is 2.25. The highest BCUT2D eigenvalue weighted by Gasteiger charge is 2.02. The molecule has 0 aliphatic rings. The van der Waals surface area contributed by atoms with Crippen LogP contribution in [0.2, 0.25) is 0 Å². The third-order valence-electron chi connectivity index (χ3n) is 1.40. The molecule has 0 aliphatic carbocycles. The van der Waals surface area contributed by atoms with Gasteiger partial charge in [0.25, 0.3) is 0 Å². The number of nitrogens with zero attached hydrogens (tertiary/aromatic N) is 3. The fraction of sp³-hybridized carbons (Fsp3) is 0.143. The predicted molar refractivity (Wildman–Crippen MR) is 38.7 cm³/mol. The molecule has 56 valence electrons. The fourth-order valence-corrected chi connectivity index (χ4v) is 0.894. The average Bonchev–Trinajstić information content (AvgIpc) is 2.55. The maximum Gasteiger partial charge on any atom is 0.187 e. The van der Waals surface area contributed by atoms with Crippen LogP contribution in [0.1, 0.15) is 0 Å². The van der Waals surface area contributed by atoms with Crippen LogP contribution in [0.15, 0.2) is 29.0 Å². The van der Waals surface area contributed by atoms with Gasteiger partial charge in [0, 0.05) is 19.3 Å². The Kier molecular flexibility index (Phi) is 1.25. The van der Waals surface area contributed by atoms with Crippen LogP contribution >= 0.6 is 0 Å². The zero-order valence-electron chi connectivity index (χ0n) is 6.06. The van der Waals surface area contributed by atoms with E-state index in [1.807, 2.05) is 19.3 Å². The van der Waals surface area contributed by atoms with Crippen LogP contribution in [0, 0.1) is 0 Å². The Hall–Kier alpha value is -1.58. The van der Waals surface area contributed by atoms with Crippen LogP contribution in [-0.2, 0) is 7.05 Å². The monoisotopic (exact) mass is 149 g/mol. The second-order valence-electron chi connectivity index (χ2n) is 2.25. The lowest BCUT2D eigenvalue weighted by atomic mass is 10.3. The molecular weight excluding hydrogens is 142 g/mol. The molecule has 2 aromatic rings. The highest BCUT2D eigenvalue weighted by Crippen LogP contribution is 2.14. The van der Waals surface area contributed by atoms with E-state index >= 15 is 0 Å².